The van der Waals surface area contributed by atoms with Crippen molar-refractivity contribution in [3.63, 3.8) is 0 Å². The standard InChI is InChI=1S/C19H20O3/c1-10-11(2)13(4)17(14(5)12(10)3)18(20)15-8-6-7-9-16(15)19(21)22/h6-9H,1-5H3,(H,21,22)/p-1. The predicted molar refractivity (Wildman–Crippen MR) is 84.3 cm³/mol. The predicted octanol–water partition coefficient (Wildman–Crippen LogP) is 2.82. The minimum absolute atomic E-state index is 0.0674. The van der Waals surface area contributed by atoms with Crippen molar-refractivity contribution >= 4 is 11.8 Å². The number of hydrogen-bond acceptors (Lipinski definition) is 3. The first-order chi connectivity index (χ1) is 10.3. The zero-order valence-electron chi connectivity index (χ0n) is 13.5. The summed E-state index contributed by atoms with van der Waals surface area (Å²) in [5.41, 5.74) is 5.81. The number of carboxylic acids is 1. The van der Waals surface area contributed by atoms with Gasteiger partial charge in [-0.05, 0) is 62.4 Å². The van der Waals surface area contributed by atoms with Gasteiger partial charge in [0.25, 0.3) is 0 Å². The van der Waals surface area contributed by atoms with Gasteiger partial charge in [0.05, 0.1) is 5.97 Å². The average molecular weight is 295 g/mol. The Morgan fingerprint density at radius 3 is 1.59 bits per heavy atom. The van der Waals surface area contributed by atoms with Crippen LogP contribution in [0.1, 0.15) is 54.1 Å². The summed E-state index contributed by atoms with van der Waals surface area (Å²) in [6.07, 6.45) is 0. The minimum atomic E-state index is -1.33. The molecule has 22 heavy (non-hydrogen) atoms. The van der Waals surface area contributed by atoms with Gasteiger partial charge in [-0.1, -0.05) is 24.3 Å². The lowest BCUT2D eigenvalue weighted by Crippen LogP contribution is -2.25. The third kappa shape index (κ3) is 2.43. The Balaban J connectivity index is 2.74. The van der Waals surface area contributed by atoms with E-state index in [4.69, 9.17) is 0 Å². The van der Waals surface area contributed by atoms with Crippen molar-refractivity contribution in [2.45, 2.75) is 34.6 Å². The summed E-state index contributed by atoms with van der Waals surface area (Å²) >= 11 is 0. The van der Waals surface area contributed by atoms with Gasteiger partial charge in [0, 0.05) is 16.7 Å². The van der Waals surface area contributed by atoms with E-state index in [2.05, 4.69) is 0 Å². The van der Waals surface area contributed by atoms with Crippen LogP contribution in [0.2, 0.25) is 0 Å². The molecular weight excluding hydrogens is 276 g/mol. The Kier molecular flexibility index (Phi) is 4.18. The summed E-state index contributed by atoms with van der Waals surface area (Å²) in [7, 11) is 0. The van der Waals surface area contributed by atoms with Crippen LogP contribution in [0.15, 0.2) is 24.3 Å². The maximum absolute atomic E-state index is 12.9. The molecule has 0 radical (unpaired) electrons. The molecule has 0 atom stereocenters. The van der Waals surface area contributed by atoms with E-state index < -0.39 is 5.97 Å². The van der Waals surface area contributed by atoms with Crippen molar-refractivity contribution in [3.8, 4) is 0 Å². The van der Waals surface area contributed by atoms with E-state index in [9.17, 15) is 14.7 Å². The van der Waals surface area contributed by atoms with Crippen molar-refractivity contribution in [2.75, 3.05) is 0 Å². The van der Waals surface area contributed by atoms with Crippen molar-refractivity contribution in [1.82, 2.24) is 0 Å². The number of aromatic carboxylic acids is 1. The van der Waals surface area contributed by atoms with Crippen LogP contribution in [-0.4, -0.2) is 11.8 Å². The van der Waals surface area contributed by atoms with Crippen LogP contribution in [0.5, 0.6) is 0 Å². The first-order valence-electron chi connectivity index (χ1n) is 7.19. The second-order valence-electron chi connectivity index (χ2n) is 5.66. The molecule has 0 bridgehead atoms. The highest BCUT2D eigenvalue weighted by Crippen LogP contribution is 2.28. The second kappa shape index (κ2) is 5.76. The summed E-state index contributed by atoms with van der Waals surface area (Å²) in [5.74, 6) is -1.60. The minimum Gasteiger partial charge on any atom is -0.545 e. The van der Waals surface area contributed by atoms with Gasteiger partial charge in [-0.25, -0.2) is 0 Å². The van der Waals surface area contributed by atoms with Gasteiger partial charge in [0.15, 0.2) is 5.78 Å². The van der Waals surface area contributed by atoms with Gasteiger partial charge < -0.3 is 9.90 Å². The Labute approximate surface area is 130 Å². The van der Waals surface area contributed by atoms with Crippen LogP contribution >= 0.6 is 0 Å². The molecular formula is C19H19O3-. The van der Waals surface area contributed by atoms with E-state index in [1.165, 1.54) is 17.7 Å². The number of ketones is 1. The van der Waals surface area contributed by atoms with E-state index in [0.29, 0.717) is 5.56 Å². The van der Waals surface area contributed by atoms with E-state index in [1.807, 2.05) is 34.6 Å². The van der Waals surface area contributed by atoms with Crippen LogP contribution in [-0.2, 0) is 0 Å². The number of benzene rings is 2. The molecule has 0 fully saturated rings. The van der Waals surface area contributed by atoms with Gasteiger partial charge in [-0.3, -0.25) is 4.79 Å². The topological polar surface area (TPSA) is 57.2 Å². The number of carbonyl (C=O) groups excluding carboxylic acids is 2. The summed E-state index contributed by atoms with van der Waals surface area (Å²) in [6.45, 7) is 9.82. The SMILES string of the molecule is Cc1c(C)c(C)c(C(=O)c2ccccc2C(=O)[O-])c(C)c1C. The summed E-state index contributed by atoms with van der Waals surface area (Å²) < 4.78 is 0. The molecule has 0 heterocycles. The third-order valence-corrected chi connectivity index (χ3v) is 4.62. The highest BCUT2D eigenvalue weighted by atomic mass is 16.4. The molecule has 2 aromatic carbocycles. The van der Waals surface area contributed by atoms with Gasteiger partial charge >= 0.3 is 0 Å². The fourth-order valence-corrected chi connectivity index (χ4v) is 2.83. The van der Waals surface area contributed by atoms with E-state index >= 15 is 0 Å². The highest BCUT2D eigenvalue weighted by Gasteiger charge is 2.21. The Morgan fingerprint density at radius 1 is 0.727 bits per heavy atom. The van der Waals surface area contributed by atoms with E-state index in [1.54, 1.807) is 12.1 Å². The molecule has 3 heteroatoms. The van der Waals surface area contributed by atoms with Crippen LogP contribution < -0.4 is 5.11 Å². The molecule has 0 aromatic heterocycles. The lowest BCUT2D eigenvalue weighted by Gasteiger charge is -2.19. The Hall–Kier alpha value is -2.42. The summed E-state index contributed by atoms with van der Waals surface area (Å²) in [5, 5.41) is 11.3. The molecule has 0 aliphatic carbocycles. The zero-order chi connectivity index (χ0) is 16.6. The van der Waals surface area contributed by atoms with Crippen LogP contribution in [0, 0.1) is 34.6 Å². The van der Waals surface area contributed by atoms with E-state index in [0.717, 1.165) is 22.3 Å². The lowest BCUT2D eigenvalue weighted by molar-refractivity contribution is -0.255. The summed E-state index contributed by atoms with van der Waals surface area (Å²) in [4.78, 5) is 24.2. The third-order valence-electron chi connectivity index (χ3n) is 4.62. The molecule has 114 valence electrons. The normalized spacial score (nSPS) is 10.6. The molecule has 0 amide bonds. The van der Waals surface area contributed by atoms with Crippen molar-refractivity contribution in [2.24, 2.45) is 0 Å². The number of hydrogen-bond donors (Lipinski definition) is 0. The van der Waals surface area contributed by atoms with Gasteiger partial charge in [0.1, 0.15) is 0 Å². The maximum atomic E-state index is 12.9. The Bertz CT molecular complexity index is 757. The molecule has 0 saturated carbocycles. The number of carbonyl (C=O) groups is 2. The zero-order valence-corrected chi connectivity index (χ0v) is 13.5. The Morgan fingerprint density at radius 2 is 1.14 bits per heavy atom. The molecule has 0 unspecified atom stereocenters. The smallest absolute Gasteiger partial charge is 0.194 e. The first kappa shape index (κ1) is 16.0. The van der Waals surface area contributed by atoms with Crippen LogP contribution in [0.25, 0.3) is 0 Å². The van der Waals surface area contributed by atoms with Gasteiger partial charge in [-0.15, -0.1) is 0 Å². The number of rotatable bonds is 3. The molecule has 2 rings (SSSR count). The fraction of sp³-hybridized carbons (Fsp3) is 0.263. The van der Waals surface area contributed by atoms with Crippen molar-refractivity contribution < 1.29 is 14.7 Å². The largest absolute Gasteiger partial charge is 0.545 e. The molecule has 0 aliphatic rings. The molecule has 0 spiro atoms. The summed E-state index contributed by atoms with van der Waals surface area (Å²) in [6, 6.07) is 6.20. The fourth-order valence-electron chi connectivity index (χ4n) is 2.83. The van der Waals surface area contributed by atoms with Gasteiger partial charge in [0.2, 0.25) is 0 Å². The average Bonchev–Trinajstić information content (AvgIpc) is 2.51. The second-order valence-corrected chi connectivity index (χ2v) is 5.66. The van der Waals surface area contributed by atoms with Crippen LogP contribution in [0.4, 0.5) is 0 Å². The quantitative estimate of drug-likeness (QED) is 0.818. The van der Waals surface area contributed by atoms with E-state index in [-0.39, 0.29) is 16.9 Å². The molecule has 0 aliphatic heterocycles. The molecule has 2 aromatic rings. The first-order valence-corrected chi connectivity index (χ1v) is 7.19. The molecule has 3 nitrogen and oxygen atoms in total. The maximum Gasteiger partial charge on any atom is 0.194 e. The van der Waals surface area contributed by atoms with Crippen molar-refractivity contribution in [3.05, 3.63) is 68.8 Å². The molecule has 0 saturated heterocycles. The molecule has 0 N–H and O–H groups in total. The highest BCUT2D eigenvalue weighted by molar-refractivity contribution is 6.15. The van der Waals surface area contributed by atoms with Gasteiger partial charge in [-0.2, -0.15) is 0 Å². The monoisotopic (exact) mass is 295 g/mol. The van der Waals surface area contributed by atoms with Crippen molar-refractivity contribution in [1.29, 1.82) is 0 Å². The van der Waals surface area contributed by atoms with Crippen LogP contribution in [0.3, 0.4) is 0 Å². The lowest BCUT2D eigenvalue weighted by atomic mass is 9.85. The number of carboxylic acid groups (broad SMARTS) is 1.